The van der Waals surface area contributed by atoms with Crippen molar-refractivity contribution in [1.82, 2.24) is 10.6 Å². The van der Waals surface area contributed by atoms with Gasteiger partial charge in [0.05, 0.1) is 5.97 Å². The molecule has 0 fully saturated rings. The van der Waals surface area contributed by atoms with E-state index in [1.165, 1.54) is 32.3 Å². The van der Waals surface area contributed by atoms with Crippen LogP contribution in [0, 0.1) is 0 Å². The molecular formula is C11H11N2O4-. The Morgan fingerprint density at radius 3 is 2.06 bits per heavy atom. The molecule has 6 nitrogen and oxygen atoms in total. The van der Waals surface area contributed by atoms with Gasteiger partial charge in [-0.3, -0.25) is 9.59 Å². The zero-order valence-electron chi connectivity index (χ0n) is 9.37. The van der Waals surface area contributed by atoms with Crippen molar-refractivity contribution in [1.29, 1.82) is 0 Å². The van der Waals surface area contributed by atoms with Crippen molar-refractivity contribution < 1.29 is 19.5 Å². The second-order valence-electron chi connectivity index (χ2n) is 3.21. The molecule has 1 rings (SSSR count). The lowest BCUT2D eigenvalue weighted by Gasteiger charge is -2.10. The summed E-state index contributed by atoms with van der Waals surface area (Å²) >= 11 is 0. The van der Waals surface area contributed by atoms with E-state index in [-0.39, 0.29) is 16.7 Å². The molecule has 1 aromatic rings. The summed E-state index contributed by atoms with van der Waals surface area (Å²) < 4.78 is 0. The fraction of sp³-hybridized carbons (Fsp3) is 0.182. The first-order chi connectivity index (χ1) is 8.01. The van der Waals surface area contributed by atoms with Crippen molar-refractivity contribution in [3.8, 4) is 0 Å². The number of carbonyl (C=O) groups excluding carboxylic acids is 3. The van der Waals surface area contributed by atoms with Crippen LogP contribution in [0.1, 0.15) is 31.1 Å². The van der Waals surface area contributed by atoms with Crippen molar-refractivity contribution in [3.05, 3.63) is 34.9 Å². The zero-order valence-corrected chi connectivity index (χ0v) is 9.37. The lowest BCUT2D eigenvalue weighted by molar-refractivity contribution is -0.255. The summed E-state index contributed by atoms with van der Waals surface area (Å²) in [7, 11) is 2.81. The van der Waals surface area contributed by atoms with E-state index in [2.05, 4.69) is 10.6 Å². The molecular weight excluding hydrogens is 224 g/mol. The van der Waals surface area contributed by atoms with Gasteiger partial charge in [0, 0.05) is 30.8 Å². The van der Waals surface area contributed by atoms with Crippen LogP contribution < -0.4 is 15.7 Å². The van der Waals surface area contributed by atoms with Crippen LogP contribution >= 0.6 is 0 Å². The Hall–Kier alpha value is -2.37. The quantitative estimate of drug-likeness (QED) is 0.685. The van der Waals surface area contributed by atoms with Gasteiger partial charge in [0.25, 0.3) is 11.8 Å². The number of carboxylic acid groups (broad SMARTS) is 1. The van der Waals surface area contributed by atoms with Crippen molar-refractivity contribution in [2.45, 2.75) is 0 Å². The highest BCUT2D eigenvalue weighted by molar-refractivity contribution is 6.06. The topological polar surface area (TPSA) is 98.3 Å². The monoisotopic (exact) mass is 235 g/mol. The minimum atomic E-state index is -1.47. The van der Waals surface area contributed by atoms with Gasteiger partial charge in [0.2, 0.25) is 0 Å². The third-order valence-electron chi connectivity index (χ3n) is 2.20. The molecule has 17 heavy (non-hydrogen) atoms. The Morgan fingerprint density at radius 1 is 1.00 bits per heavy atom. The molecule has 0 saturated carbocycles. The summed E-state index contributed by atoms with van der Waals surface area (Å²) in [6, 6.07) is 3.70. The first-order valence-electron chi connectivity index (χ1n) is 4.80. The molecule has 0 aromatic heterocycles. The minimum absolute atomic E-state index is 0.103. The predicted octanol–water partition coefficient (Wildman–Crippen LogP) is -1.23. The van der Waals surface area contributed by atoms with Crippen molar-refractivity contribution in [2.75, 3.05) is 14.1 Å². The molecule has 0 radical (unpaired) electrons. The Labute approximate surface area is 97.6 Å². The molecule has 0 bridgehead atoms. The average molecular weight is 235 g/mol. The molecule has 90 valence electrons. The first kappa shape index (κ1) is 12.7. The van der Waals surface area contributed by atoms with Crippen LogP contribution in [0.25, 0.3) is 0 Å². The molecule has 0 unspecified atom stereocenters. The van der Waals surface area contributed by atoms with E-state index in [0.29, 0.717) is 0 Å². The van der Waals surface area contributed by atoms with Gasteiger partial charge < -0.3 is 20.5 Å². The maximum absolute atomic E-state index is 11.5. The number of nitrogens with one attached hydrogen (secondary N) is 2. The summed E-state index contributed by atoms with van der Waals surface area (Å²) in [5.41, 5.74) is -0.151. The smallest absolute Gasteiger partial charge is 0.251 e. The summed E-state index contributed by atoms with van der Waals surface area (Å²) in [5.74, 6) is -2.46. The standard InChI is InChI=1S/C11H12N2O4/c1-12-9(14)6-3-4-7(11(16)17)8(5-6)10(15)13-2/h3-5H,1-2H3,(H,12,14)(H,13,15)(H,16,17)/p-1. The molecule has 1 aromatic carbocycles. The first-order valence-corrected chi connectivity index (χ1v) is 4.80. The molecule has 2 N–H and O–H groups in total. The number of hydrogen-bond acceptors (Lipinski definition) is 4. The third kappa shape index (κ3) is 2.60. The second-order valence-corrected chi connectivity index (χ2v) is 3.21. The van der Waals surface area contributed by atoms with Crippen LogP contribution in [0.15, 0.2) is 18.2 Å². The minimum Gasteiger partial charge on any atom is -0.545 e. The molecule has 0 atom stereocenters. The number of aromatic carboxylic acids is 1. The Kier molecular flexibility index (Phi) is 3.82. The number of amides is 2. The third-order valence-corrected chi connectivity index (χ3v) is 2.20. The Morgan fingerprint density at radius 2 is 1.59 bits per heavy atom. The molecule has 0 heterocycles. The summed E-state index contributed by atoms with van der Waals surface area (Å²) in [5, 5.41) is 15.5. The van der Waals surface area contributed by atoms with E-state index in [4.69, 9.17) is 0 Å². The average Bonchev–Trinajstić information content (AvgIpc) is 2.35. The van der Waals surface area contributed by atoms with Crippen LogP contribution in [0.3, 0.4) is 0 Å². The number of hydrogen-bond donors (Lipinski definition) is 2. The van der Waals surface area contributed by atoms with Crippen LogP contribution in [0.5, 0.6) is 0 Å². The SMILES string of the molecule is CNC(=O)c1ccc(C(=O)[O-])c(C(=O)NC)c1. The number of carboxylic acids is 1. The van der Waals surface area contributed by atoms with E-state index in [9.17, 15) is 19.5 Å². The van der Waals surface area contributed by atoms with Gasteiger partial charge in [-0.15, -0.1) is 0 Å². The van der Waals surface area contributed by atoms with Gasteiger partial charge in [-0.05, 0) is 12.1 Å². The highest BCUT2D eigenvalue weighted by Crippen LogP contribution is 2.12. The number of carbonyl (C=O) groups is 3. The Bertz CT molecular complexity index is 482. The molecule has 2 amide bonds. The van der Waals surface area contributed by atoms with E-state index < -0.39 is 17.8 Å². The Balaban J connectivity index is 3.34. The fourth-order valence-electron chi connectivity index (χ4n) is 1.33. The maximum Gasteiger partial charge on any atom is 0.251 e. The normalized spacial score (nSPS) is 9.53. The van der Waals surface area contributed by atoms with Crippen LogP contribution in [0.4, 0.5) is 0 Å². The molecule has 0 saturated heterocycles. The van der Waals surface area contributed by atoms with Gasteiger partial charge in [-0.25, -0.2) is 0 Å². The zero-order chi connectivity index (χ0) is 13.0. The molecule has 0 aliphatic rings. The lowest BCUT2D eigenvalue weighted by Crippen LogP contribution is -2.29. The molecule has 6 heteroatoms. The summed E-state index contributed by atoms with van der Waals surface area (Å²) in [4.78, 5) is 33.6. The van der Waals surface area contributed by atoms with Crippen LogP contribution in [-0.4, -0.2) is 31.9 Å². The maximum atomic E-state index is 11.5. The van der Waals surface area contributed by atoms with Crippen molar-refractivity contribution in [2.24, 2.45) is 0 Å². The van der Waals surface area contributed by atoms with Gasteiger partial charge in [-0.1, -0.05) is 6.07 Å². The van der Waals surface area contributed by atoms with Crippen molar-refractivity contribution in [3.63, 3.8) is 0 Å². The van der Waals surface area contributed by atoms with Gasteiger partial charge in [-0.2, -0.15) is 0 Å². The lowest BCUT2D eigenvalue weighted by atomic mass is 10.0. The van der Waals surface area contributed by atoms with Gasteiger partial charge >= 0.3 is 0 Å². The van der Waals surface area contributed by atoms with Crippen LogP contribution in [0.2, 0.25) is 0 Å². The van der Waals surface area contributed by atoms with Gasteiger partial charge in [0.15, 0.2) is 0 Å². The fourth-order valence-corrected chi connectivity index (χ4v) is 1.33. The summed E-state index contributed by atoms with van der Waals surface area (Å²) in [6.45, 7) is 0. The van der Waals surface area contributed by atoms with E-state index >= 15 is 0 Å². The van der Waals surface area contributed by atoms with Gasteiger partial charge in [0.1, 0.15) is 0 Å². The molecule has 0 aliphatic carbocycles. The summed E-state index contributed by atoms with van der Waals surface area (Å²) in [6.07, 6.45) is 0. The van der Waals surface area contributed by atoms with E-state index in [1.54, 1.807) is 0 Å². The molecule has 0 spiro atoms. The van der Waals surface area contributed by atoms with E-state index in [1.807, 2.05) is 0 Å². The second kappa shape index (κ2) is 5.11. The van der Waals surface area contributed by atoms with E-state index in [0.717, 1.165) is 0 Å². The predicted molar refractivity (Wildman–Crippen MR) is 57.6 cm³/mol. The van der Waals surface area contributed by atoms with Crippen LogP contribution in [-0.2, 0) is 0 Å². The number of rotatable bonds is 3. The van der Waals surface area contributed by atoms with Crippen molar-refractivity contribution >= 4 is 17.8 Å². The largest absolute Gasteiger partial charge is 0.545 e. The highest BCUT2D eigenvalue weighted by atomic mass is 16.4. The highest BCUT2D eigenvalue weighted by Gasteiger charge is 2.14. The number of benzene rings is 1. The molecule has 0 aliphatic heterocycles.